The van der Waals surface area contributed by atoms with Crippen LogP contribution in [0.25, 0.3) is 0 Å². The Morgan fingerprint density at radius 3 is 2.36 bits per heavy atom. The van der Waals surface area contributed by atoms with Crippen molar-refractivity contribution < 1.29 is 28.5 Å². The van der Waals surface area contributed by atoms with Gasteiger partial charge in [0.15, 0.2) is 0 Å². The van der Waals surface area contributed by atoms with Gasteiger partial charge in [0.2, 0.25) is 0 Å². The van der Waals surface area contributed by atoms with Crippen molar-refractivity contribution >= 4 is 11.3 Å². The highest BCUT2D eigenvalue weighted by Crippen LogP contribution is 2.16. The zero-order valence-corrected chi connectivity index (χ0v) is 8.53. The van der Waals surface area contributed by atoms with Crippen LogP contribution in [0, 0.1) is 10.2 Å². The summed E-state index contributed by atoms with van der Waals surface area (Å²) in [5.74, 6) is 0. The number of hydrogen-bond donors (Lipinski definition) is 0. The van der Waals surface area contributed by atoms with E-state index in [1.165, 1.54) is 6.07 Å². The molecule has 14 heavy (non-hydrogen) atoms. The Balaban J connectivity index is 2.95. The monoisotopic (exact) mass is 234 g/mol. The fourth-order valence-corrected chi connectivity index (χ4v) is 1.73. The van der Waals surface area contributed by atoms with Crippen molar-refractivity contribution in [3.05, 3.63) is 41.8 Å². The molecule has 6 heteroatoms. The van der Waals surface area contributed by atoms with Crippen LogP contribution in [0.1, 0.15) is 0 Å². The number of hydrogen-bond acceptors (Lipinski definition) is 5. The van der Waals surface area contributed by atoms with E-state index >= 15 is 0 Å². The SMILES string of the molecule is [O-][Cl+3]([O-])([O-])Oc1cccccccs1. The predicted octanol–water partition coefficient (Wildman–Crippen LogP) is -0.851. The second kappa shape index (κ2) is 5.14. The molecule has 0 aliphatic rings. The van der Waals surface area contributed by atoms with E-state index in [2.05, 4.69) is 4.29 Å². The summed E-state index contributed by atoms with van der Waals surface area (Å²) in [6, 6.07) is 9.89. The Morgan fingerprint density at radius 1 is 1.00 bits per heavy atom. The third-order valence-corrected chi connectivity index (χ3v) is 2.30. The topological polar surface area (TPSA) is 78.4 Å². The van der Waals surface area contributed by atoms with Crippen LogP contribution < -0.4 is 18.3 Å². The van der Waals surface area contributed by atoms with Gasteiger partial charge < -0.3 is 0 Å². The maximum absolute atomic E-state index is 10.3. The summed E-state index contributed by atoms with van der Waals surface area (Å²) in [6.45, 7) is 0. The van der Waals surface area contributed by atoms with Gasteiger partial charge in [-0.1, -0.05) is 46.0 Å². The molecule has 0 spiro atoms. The standard InChI is InChI=1S/C8H7ClO4S/c10-9(11,12)13-8-6-4-2-1-3-5-7-14-8/h1-7H. The van der Waals surface area contributed by atoms with E-state index in [4.69, 9.17) is 0 Å². The van der Waals surface area contributed by atoms with E-state index in [0.717, 1.165) is 11.3 Å². The van der Waals surface area contributed by atoms with Crippen LogP contribution in [0.15, 0.2) is 41.8 Å². The van der Waals surface area contributed by atoms with Crippen LogP contribution in [-0.2, 0) is 0 Å². The van der Waals surface area contributed by atoms with Crippen molar-refractivity contribution in [1.82, 2.24) is 0 Å². The van der Waals surface area contributed by atoms with Crippen LogP contribution >= 0.6 is 11.3 Å². The molecule has 0 aliphatic heterocycles. The average molecular weight is 235 g/mol. The van der Waals surface area contributed by atoms with E-state index in [0.29, 0.717) is 0 Å². The molecule has 0 radical (unpaired) electrons. The summed E-state index contributed by atoms with van der Waals surface area (Å²) in [4.78, 5) is 0. The highest BCUT2D eigenvalue weighted by atomic mass is 35.7. The van der Waals surface area contributed by atoms with E-state index in [9.17, 15) is 14.0 Å². The smallest absolute Gasteiger partial charge is 0.167 e. The molecule has 0 saturated heterocycles. The largest absolute Gasteiger partial charge is 0.342 e. The van der Waals surface area contributed by atoms with Gasteiger partial charge in [-0.05, 0) is 5.38 Å². The van der Waals surface area contributed by atoms with Gasteiger partial charge in [-0.25, -0.2) is 0 Å². The Kier molecular flexibility index (Phi) is 4.12. The zero-order chi connectivity index (χ0) is 10.4. The molecule has 0 aliphatic carbocycles. The van der Waals surface area contributed by atoms with Gasteiger partial charge in [0.25, 0.3) is 0 Å². The molecule has 0 atom stereocenters. The molecule has 4 nitrogen and oxygen atoms in total. The maximum Gasteiger partial charge on any atom is 0.342 e. The normalized spacial score (nSPS) is 10.5. The lowest BCUT2D eigenvalue weighted by Gasteiger charge is -2.10. The summed E-state index contributed by atoms with van der Waals surface area (Å²) in [6.07, 6.45) is 0. The van der Waals surface area contributed by atoms with Crippen LogP contribution in [0.4, 0.5) is 0 Å². The molecule has 0 fully saturated rings. The Hall–Kier alpha value is -0.850. The predicted molar refractivity (Wildman–Crippen MR) is 42.6 cm³/mol. The molecule has 0 amide bonds. The molecular formula is C8H7ClO4S. The van der Waals surface area contributed by atoms with Gasteiger partial charge in [-0.15, -0.1) is 0 Å². The van der Waals surface area contributed by atoms with Crippen molar-refractivity contribution in [1.29, 1.82) is 0 Å². The average Bonchev–Trinajstić information content (AvgIpc) is 2.15. The number of rotatable bonds is 2. The first-order valence-corrected chi connectivity index (χ1v) is 5.66. The van der Waals surface area contributed by atoms with Gasteiger partial charge in [0.1, 0.15) is 10.2 Å². The lowest BCUT2D eigenvalue weighted by atomic mass is 10.5. The minimum atomic E-state index is -4.42. The summed E-state index contributed by atoms with van der Waals surface area (Å²) >= 11 is 1.01. The van der Waals surface area contributed by atoms with Gasteiger partial charge in [0, 0.05) is 6.07 Å². The molecule has 0 unspecified atom stereocenters. The van der Waals surface area contributed by atoms with Gasteiger partial charge in [-0.3, -0.25) is 0 Å². The summed E-state index contributed by atoms with van der Waals surface area (Å²) in [5.41, 5.74) is 0. The second-order valence-corrected chi connectivity index (χ2v) is 3.98. The fraction of sp³-hybridized carbons (Fsp3) is 0. The fourth-order valence-electron chi connectivity index (χ4n) is 0.655. The zero-order valence-electron chi connectivity index (χ0n) is 6.96. The molecular weight excluding hydrogens is 228 g/mol. The van der Waals surface area contributed by atoms with Crippen LogP contribution in [0.3, 0.4) is 0 Å². The van der Waals surface area contributed by atoms with E-state index in [1.807, 2.05) is 0 Å². The highest BCUT2D eigenvalue weighted by Gasteiger charge is 2.18. The second-order valence-electron chi connectivity index (χ2n) is 2.16. The molecule has 1 aromatic heterocycles. The highest BCUT2D eigenvalue weighted by molar-refractivity contribution is 7.11. The summed E-state index contributed by atoms with van der Waals surface area (Å²) < 4.78 is 34.9. The first-order valence-electron chi connectivity index (χ1n) is 3.55. The third-order valence-electron chi connectivity index (χ3n) is 1.11. The van der Waals surface area contributed by atoms with Gasteiger partial charge in [-0.2, -0.15) is 14.0 Å². The molecule has 0 aromatic carbocycles. The Labute approximate surface area is 87.1 Å². The quantitative estimate of drug-likeness (QED) is 0.668. The van der Waals surface area contributed by atoms with Gasteiger partial charge >= 0.3 is 5.06 Å². The van der Waals surface area contributed by atoms with Crippen molar-refractivity contribution in [2.24, 2.45) is 0 Å². The molecule has 76 valence electrons. The maximum atomic E-state index is 10.3. The van der Waals surface area contributed by atoms with Crippen LogP contribution in [0.2, 0.25) is 0 Å². The molecule has 1 rings (SSSR count). The van der Waals surface area contributed by atoms with Crippen molar-refractivity contribution in [2.45, 2.75) is 0 Å². The van der Waals surface area contributed by atoms with Crippen molar-refractivity contribution in [2.75, 3.05) is 0 Å². The van der Waals surface area contributed by atoms with Gasteiger partial charge in [0.05, 0.1) is 0 Å². The van der Waals surface area contributed by atoms with E-state index < -0.39 is 10.2 Å². The van der Waals surface area contributed by atoms with Crippen molar-refractivity contribution in [3.63, 3.8) is 0 Å². The molecule has 1 heterocycles. The number of halogens is 1. The first-order chi connectivity index (χ1) is 6.58. The Morgan fingerprint density at radius 2 is 1.64 bits per heavy atom. The van der Waals surface area contributed by atoms with Crippen molar-refractivity contribution in [3.8, 4) is 5.06 Å². The first kappa shape index (κ1) is 11.2. The molecule has 0 saturated carbocycles. The molecule has 0 N–H and O–H groups in total. The minimum absolute atomic E-state index is 0.0119. The van der Waals surface area contributed by atoms with Crippen LogP contribution in [0.5, 0.6) is 5.06 Å². The summed E-state index contributed by atoms with van der Waals surface area (Å²) in [7, 11) is -4.42. The molecule has 0 bridgehead atoms. The lowest BCUT2D eigenvalue weighted by Crippen LogP contribution is -2.63. The molecule has 1 aromatic rings. The van der Waals surface area contributed by atoms with Crippen LogP contribution in [-0.4, -0.2) is 0 Å². The summed E-state index contributed by atoms with van der Waals surface area (Å²) in [5, 5.41) is 1.62. The third kappa shape index (κ3) is 5.00. The minimum Gasteiger partial charge on any atom is -0.167 e. The van der Waals surface area contributed by atoms with E-state index in [-0.39, 0.29) is 5.06 Å². The Bertz CT molecular complexity index is 308. The van der Waals surface area contributed by atoms with E-state index in [1.54, 1.807) is 35.7 Å². The lowest BCUT2D eigenvalue weighted by molar-refractivity contribution is -1.91.